The molecule has 9 nitrogen and oxygen atoms in total. The van der Waals surface area contributed by atoms with E-state index in [2.05, 4.69) is 11.4 Å². The number of hydrogen-bond acceptors (Lipinski definition) is 7. The van der Waals surface area contributed by atoms with E-state index in [1.807, 2.05) is 78.9 Å². The third-order valence-corrected chi connectivity index (χ3v) is 9.84. The van der Waals surface area contributed by atoms with Crippen LogP contribution in [0.15, 0.2) is 102 Å². The Kier molecular flexibility index (Phi) is 13.6. The van der Waals surface area contributed by atoms with Crippen LogP contribution in [-0.2, 0) is 32.2 Å². The zero-order chi connectivity index (χ0) is 35.3. The molecule has 0 saturated carbocycles. The normalized spacial score (nSPS) is 17.3. The Bertz CT molecular complexity index is 1730. The molecule has 50 heavy (non-hydrogen) atoms. The number of aliphatic hydroxyl groups excluding tert-OH is 1. The molecule has 1 aliphatic rings. The lowest BCUT2D eigenvalue weighted by atomic mass is 9.99. The number of aliphatic carboxylic acids is 1. The lowest BCUT2D eigenvalue weighted by molar-refractivity contribution is -0.245. The Labute approximate surface area is 296 Å². The van der Waals surface area contributed by atoms with Crippen LogP contribution in [0.2, 0.25) is 0 Å². The number of thioether (sulfide) groups is 1. The van der Waals surface area contributed by atoms with Crippen LogP contribution < -0.4 is 5.32 Å². The number of nitrogens with one attached hydrogen (secondary N) is 1. The zero-order valence-electron chi connectivity index (χ0n) is 27.8. The maximum Gasteiger partial charge on any atom is 0.336 e. The Morgan fingerprint density at radius 1 is 0.740 bits per heavy atom. The van der Waals surface area contributed by atoms with Gasteiger partial charge in [-0.15, -0.1) is 11.8 Å². The number of unbranched alkanes of at least 4 members (excludes halogenated alkanes) is 3. The van der Waals surface area contributed by atoms with Crippen molar-refractivity contribution in [3.8, 4) is 11.1 Å². The van der Waals surface area contributed by atoms with E-state index in [-0.39, 0.29) is 36.7 Å². The van der Waals surface area contributed by atoms with Crippen LogP contribution in [0.1, 0.15) is 90.0 Å². The van der Waals surface area contributed by atoms with Gasteiger partial charge in [0.1, 0.15) is 0 Å². The predicted octanol–water partition coefficient (Wildman–Crippen LogP) is 7.92. The van der Waals surface area contributed by atoms with Crippen molar-refractivity contribution >= 4 is 29.6 Å². The molecule has 4 aromatic carbocycles. The number of benzene rings is 4. The minimum absolute atomic E-state index is 0.0177. The summed E-state index contributed by atoms with van der Waals surface area (Å²) in [5, 5.41) is 30.9. The van der Waals surface area contributed by atoms with Crippen LogP contribution in [0.5, 0.6) is 0 Å². The Balaban J connectivity index is 1.22. The molecular weight excluding hydrogens is 655 g/mol. The topological polar surface area (TPSA) is 142 Å². The molecule has 262 valence electrons. The van der Waals surface area contributed by atoms with Gasteiger partial charge in [-0.2, -0.15) is 0 Å². The van der Waals surface area contributed by atoms with Gasteiger partial charge in [0.2, 0.25) is 5.91 Å². The highest BCUT2D eigenvalue weighted by atomic mass is 32.2. The van der Waals surface area contributed by atoms with Gasteiger partial charge in [-0.05, 0) is 58.9 Å². The standard InChI is InChI=1S/C40H43NO8S/c42-25-27-14-16-30(17-15-27)35-23-33(26-50-36-11-6-5-10-34(36)39(46)47)48-40(49-35)31-20-18-29(19-21-31)32-9-7-8-28(22-32)24-41-37(43)12-3-1-2-4-13-38(44)45/h5-11,14-22,33,35,40,42H,1-4,12-13,23-26H2,(H,41,43)(H,44,45)(H,46,47)/t33-,35+,40+/m1/s1. The van der Waals surface area contributed by atoms with Crippen LogP contribution in [0.4, 0.5) is 0 Å². The average Bonchev–Trinajstić information content (AvgIpc) is 3.14. The van der Waals surface area contributed by atoms with Crippen molar-refractivity contribution in [1.82, 2.24) is 5.32 Å². The molecule has 0 unspecified atom stereocenters. The van der Waals surface area contributed by atoms with Gasteiger partial charge < -0.3 is 30.1 Å². The molecule has 4 aromatic rings. The van der Waals surface area contributed by atoms with E-state index in [1.54, 1.807) is 12.1 Å². The summed E-state index contributed by atoms with van der Waals surface area (Å²) in [6, 6.07) is 30.7. The highest BCUT2D eigenvalue weighted by Crippen LogP contribution is 2.40. The van der Waals surface area contributed by atoms with Crippen molar-refractivity contribution in [1.29, 1.82) is 0 Å². The van der Waals surface area contributed by atoms with Crippen molar-refractivity contribution in [3.05, 3.63) is 125 Å². The van der Waals surface area contributed by atoms with Crippen molar-refractivity contribution < 1.29 is 39.2 Å². The molecule has 1 saturated heterocycles. The average molecular weight is 698 g/mol. The smallest absolute Gasteiger partial charge is 0.336 e. The highest BCUT2D eigenvalue weighted by Gasteiger charge is 2.32. The summed E-state index contributed by atoms with van der Waals surface area (Å²) < 4.78 is 13.0. The lowest BCUT2D eigenvalue weighted by Gasteiger charge is -2.36. The fourth-order valence-corrected chi connectivity index (χ4v) is 6.94. The molecule has 1 amide bonds. The number of carboxylic acid groups (broad SMARTS) is 2. The van der Waals surface area contributed by atoms with Crippen molar-refractivity contribution in [2.75, 3.05) is 5.75 Å². The van der Waals surface area contributed by atoms with E-state index in [0.717, 1.165) is 52.6 Å². The summed E-state index contributed by atoms with van der Waals surface area (Å²) in [6.07, 6.45) is 3.08. The van der Waals surface area contributed by atoms with E-state index in [9.17, 15) is 24.6 Å². The van der Waals surface area contributed by atoms with E-state index in [1.165, 1.54) is 11.8 Å². The van der Waals surface area contributed by atoms with Gasteiger partial charge in [-0.25, -0.2) is 4.79 Å². The van der Waals surface area contributed by atoms with Crippen LogP contribution in [0.25, 0.3) is 11.1 Å². The van der Waals surface area contributed by atoms with Gasteiger partial charge in [-0.1, -0.05) is 91.7 Å². The van der Waals surface area contributed by atoms with Crippen LogP contribution in [0.3, 0.4) is 0 Å². The molecule has 0 bridgehead atoms. The molecule has 0 spiro atoms. The molecule has 10 heteroatoms. The van der Waals surface area contributed by atoms with E-state index < -0.39 is 18.2 Å². The molecule has 1 aliphatic heterocycles. The molecule has 3 atom stereocenters. The van der Waals surface area contributed by atoms with Crippen LogP contribution in [0, 0.1) is 0 Å². The van der Waals surface area contributed by atoms with Gasteiger partial charge in [0, 0.05) is 42.0 Å². The third kappa shape index (κ3) is 10.8. The Morgan fingerprint density at radius 3 is 2.18 bits per heavy atom. The second kappa shape index (κ2) is 18.5. The zero-order valence-corrected chi connectivity index (χ0v) is 28.6. The summed E-state index contributed by atoms with van der Waals surface area (Å²) in [4.78, 5) is 35.4. The number of ether oxygens (including phenoxy) is 2. The summed E-state index contributed by atoms with van der Waals surface area (Å²) in [5.74, 6) is -1.22. The van der Waals surface area contributed by atoms with Crippen molar-refractivity contribution in [2.45, 2.75) is 81.5 Å². The number of amides is 1. The first-order valence-corrected chi connectivity index (χ1v) is 17.9. The fourth-order valence-electron chi connectivity index (χ4n) is 5.87. The highest BCUT2D eigenvalue weighted by molar-refractivity contribution is 7.99. The number of hydrogen-bond donors (Lipinski definition) is 4. The number of aliphatic hydroxyl groups is 1. The molecular formula is C40H43NO8S. The second-order valence-corrected chi connectivity index (χ2v) is 13.4. The van der Waals surface area contributed by atoms with Gasteiger partial charge in [0.25, 0.3) is 0 Å². The molecule has 0 aliphatic carbocycles. The third-order valence-electron chi connectivity index (χ3n) is 8.63. The van der Waals surface area contributed by atoms with Crippen molar-refractivity contribution in [2.24, 2.45) is 0 Å². The first kappa shape index (κ1) is 36.8. The number of rotatable bonds is 17. The monoisotopic (exact) mass is 697 g/mol. The largest absolute Gasteiger partial charge is 0.481 e. The summed E-state index contributed by atoms with van der Waals surface area (Å²) in [7, 11) is 0. The first-order chi connectivity index (χ1) is 24.3. The number of carbonyl (C=O) groups excluding carboxylic acids is 1. The maximum absolute atomic E-state index is 12.4. The SMILES string of the molecule is O=C(O)CCCCCCC(=O)NCc1cccc(-c2ccc([C@H]3O[C@@H](CSc4ccccc4C(=O)O)C[C@@H](c4ccc(CO)cc4)O3)cc2)c1. The van der Waals surface area contributed by atoms with E-state index in [0.29, 0.717) is 36.5 Å². The lowest BCUT2D eigenvalue weighted by Crippen LogP contribution is -2.31. The molecule has 5 rings (SSSR count). The quantitative estimate of drug-likeness (QED) is 0.0639. The molecule has 0 aromatic heterocycles. The minimum Gasteiger partial charge on any atom is -0.481 e. The summed E-state index contributed by atoms with van der Waals surface area (Å²) >= 11 is 1.46. The Hall–Kier alpha value is -4.48. The van der Waals surface area contributed by atoms with Gasteiger partial charge in [0.15, 0.2) is 6.29 Å². The summed E-state index contributed by atoms with van der Waals surface area (Å²) in [5.41, 5.74) is 5.93. The van der Waals surface area contributed by atoms with Gasteiger partial charge in [0.05, 0.1) is 24.4 Å². The number of aromatic carboxylic acids is 1. The van der Waals surface area contributed by atoms with E-state index in [4.69, 9.17) is 14.6 Å². The minimum atomic E-state index is -0.964. The van der Waals surface area contributed by atoms with E-state index >= 15 is 0 Å². The van der Waals surface area contributed by atoms with Gasteiger partial charge >= 0.3 is 11.9 Å². The number of carboxylic acids is 2. The van der Waals surface area contributed by atoms with Gasteiger partial charge in [-0.3, -0.25) is 9.59 Å². The maximum atomic E-state index is 12.4. The van der Waals surface area contributed by atoms with Crippen molar-refractivity contribution in [3.63, 3.8) is 0 Å². The molecule has 4 N–H and O–H groups in total. The second-order valence-electron chi connectivity index (χ2n) is 12.4. The fraction of sp³-hybridized carbons (Fsp3) is 0.325. The molecule has 0 radical (unpaired) electrons. The summed E-state index contributed by atoms with van der Waals surface area (Å²) in [6.45, 7) is 0.382. The Morgan fingerprint density at radius 2 is 1.46 bits per heavy atom. The number of carbonyl (C=O) groups is 3. The first-order valence-electron chi connectivity index (χ1n) is 16.9. The molecule has 1 fully saturated rings. The van der Waals surface area contributed by atoms with Crippen LogP contribution in [-0.4, -0.2) is 45.0 Å². The van der Waals surface area contributed by atoms with Crippen LogP contribution >= 0.6 is 11.8 Å². The predicted molar refractivity (Wildman–Crippen MR) is 192 cm³/mol. The molecule has 1 heterocycles.